The first-order chi connectivity index (χ1) is 7.65. The zero-order valence-electron chi connectivity index (χ0n) is 9.51. The third-order valence-corrected chi connectivity index (χ3v) is 3.03. The van der Waals surface area contributed by atoms with Crippen LogP contribution in [0.15, 0.2) is 21.7 Å². The summed E-state index contributed by atoms with van der Waals surface area (Å²) < 4.78 is 11.2. The SMILES string of the molecule is Cc1ccc(C(N=[N+]=[N-])C2(C)CCCO2)o1. The largest absolute Gasteiger partial charge is 0.466 e. The molecule has 2 rings (SSSR count). The molecule has 16 heavy (non-hydrogen) atoms. The minimum absolute atomic E-state index is 0.381. The second-order valence-corrected chi connectivity index (χ2v) is 4.32. The molecule has 0 aromatic carbocycles. The lowest BCUT2D eigenvalue weighted by Gasteiger charge is -2.28. The van der Waals surface area contributed by atoms with Crippen LogP contribution in [0, 0.1) is 6.92 Å². The summed E-state index contributed by atoms with van der Waals surface area (Å²) in [5.41, 5.74) is 8.21. The first-order valence-corrected chi connectivity index (χ1v) is 5.40. The van der Waals surface area contributed by atoms with Crippen molar-refractivity contribution in [1.29, 1.82) is 0 Å². The summed E-state index contributed by atoms with van der Waals surface area (Å²) in [6.07, 6.45) is 1.88. The van der Waals surface area contributed by atoms with Crippen LogP contribution in [0.5, 0.6) is 0 Å². The Balaban J connectivity index is 2.33. The van der Waals surface area contributed by atoms with E-state index in [1.165, 1.54) is 0 Å². The molecule has 2 atom stereocenters. The molecule has 86 valence electrons. The Hall–Kier alpha value is -1.45. The maximum Gasteiger partial charge on any atom is 0.124 e. The number of hydrogen-bond acceptors (Lipinski definition) is 3. The first-order valence-electron chi connectivity index (χ1n) is 5.40. The van der Waals surface area contributed by atoms with E-state index in [0.29, 0.717) is 12.4 Å². The number of rotatable bonds is 3. The third-order valence-electron chi connectivity index (χ3n) is 3.03. The smallest absolute Gasteiger partial charge is 0.124 e. The van der Waals surface area contributed by atoms with E-state index in [2.05, 4.69) is 10.0 Å². The van der Waals surface area contributed by atoms with Crippen molar-refractivity contribution in [3.63, 3.8) is 0 Å². The number of furan rings is 1. The maximum absolute atomic E-state index is 8.64. The van der Waals surface area contributed by atoms with Crippen LogP contribution < -0.4 is 0 Å². The quantitative estimate of drug-likeness (QED) is 0.445. The first kappa shape index (κ1) is 11.0. The van der Waals surface area contributed by atoms with Crippen LogP contribution in [0.3, 0.4) is 0 Å². The summed E-state index contributed by atoms with van der Waals surface area (Å²) >= 11 is 0. The normalized spacial score (nSPS) is 26.4. The second kappa shape index (κ2) is 4.20. The molecule has 1 fully saturated rings. The predicted octanol–water partition coefficient (Wildman–Crippen LogP) is 3.51. The minimum Gasteiger partial charge on any atom is -0.466 e. The number of hydrogen-bond donors (Lipinski definition) is 0. The molecule has 1 aromatic heterocycles. The van der Waals surface area contributed by atoms with Crippen LogP contribution in [-0.2, 0) is 4.74 Å². The molecule has 1 aliphatic rings. The van der Waals surface area contributed by atoms with Gasteiger partial charge in [0, 0.05) is 11.5 Å². The molecule has 0 radical (unpaired) electrons. The van der Waals surface area contributed by atoms with Crippen molar-refractivity contribution < 1.29 is 9.15 Å². The summed E-state index contributed by atoms with van der Waals surface area (Å²) in [6.45, 7) is 4.55. The molecular formula is C11H15N3O2. The molecule has 1 saturated heterocycles. The highest BCUT2D eigenvalue weighted by Gasteiger charge is 2.40. The average Bonchev–Trinajstić information content (AvgIpc) is 2.85. The van der Waals surface area contributed by atoms with Gasteiger partial charge in [-0.3, -0.25) is 0 Å². The number of nitrogens with zero attached hydrogens (tertiary/aromatic N) is 3. The van der Waals surface area contributed by atoms with E-state index in [1.54, 1.807) is 0 Å². The standard InChI is InChI=1S/C11H15N3O2/c1-8-4-5-9(16-8)10(13-14-12)11(2)6-3-7-15-11/h4-5,10H,3,6-7H2,1-2H3. The van der Waals surface area contributed by atoms with Crippen LogP contribution in [-0.4, -0.2) is 12.2 Å². The highest BCUT2D eigenvalue weighted by molar-refractivity contribution is 5.14. The Morgan fingerprint density at radius 2 is 2.38 bits per heavy atom. The van der Waals surface area contributed by atoms with E-state index >= 15 is 0 Å². The molecule has 1 aromatic rings. The second-order valence-electron chi connectivity index (χ2n) is 4.32. The van der Waals surface area contributed by atoms with Gasteiger partial charge in [-0.1, -0.05) is 5.11 Å². The molecular weight excluding hydrogens is 206 g/mol. The Bertz CT molecular complexity index is 415. The Kier molecular flexibility index (Phi) is 2.90. The van der Waals surface area contributed by atoms with Gasteiger partial charge in [-0.2, -0.15) is 0 Å². The van der Waals surface area contributed by atoms with Crippen LogP contribution in [0.25, 0.3) is 10.4 Å². The molecule has 0 aliphatic carbocycles. The van der Waals surface area contributed by atoms with Crippen LogP contribution >= 0.6 is 0 Å². The molecule has 0 saturated carbocycles. The van der Waals surface area contributed by atoms with E-state index in [0.717, 1.165) is 18.6 Å². The fraction of sp³-hybridized carbons (Fsp3) is 0.636. The maximum atomic E-state index is 8.64. The lowest BCUT2D eigenvalue weighted by molar-refractivity contribution is -0.00680. The van der Waals surface area contributed by atoms with Gasteiger partial charge < -0.3 is 9.15 Å². The Labute approximate surface area is 94.0 Å². The summed E-state index contributed by atoms with van der Waals surface area (Å²) in [5, 5.41) is 3.82. The summed E-state index contributed by atoms with van der Waals surface area (Å²) in [5.74, 6) is 1.49. The van der Waals surface area contributed by atoms with E-state index in [4.69, 9.17) is 14.7 Å². The monoisotopic (exact) mass is 221 g/mol. The summed E-state index contributed by atoms with van der Waals surface area (Å²) in [4.78, 5) is 2.90. The average molecular weight is 221 g/mol. The van der Waals surface area contributed by atoms with Gasteiger partial charge in [-0.05, 0) is 44.4 Å². The van der Waals surface area contributed by atoms with Crippen molar-refractivity contribution >= 4 is 0 Å². The van der Waals surface area contributed by atoms with Crippen molar-refractivity contribution in [2.24, 2.45) is 5.11 Å². The molecule has 0 amide bonds. The molecule has 0 bridgehead atoms. The summed E-state index contributed by atoms with van der Waals surface area (Å²) in [6, 6.07) is 3.34. The fourth-order valence-corrected chi connectivity index (χ4v) is 2.15. The lowest BCUT2D eigenvalue weighted by atomic mass is 9.92. The topological polar surface area (TPSA) is 71.1 Å². The molecule has 1 aliphatic heterocycles. The zero-order valence-corrected chi connectivity index (χ0v) is 9.51. The van der Waals surface area contributed by atoms with Gasteiger partial charge >= 0.3 is 0 Å². The van der Waals surface area contributed by atoms with Gasteiger partial charge in [0.2, 0.25) is 0 Å². The number of ether oxygens (including phenoxy) is 1. The van der Waals surface area contributed by atoms with Gasteiger partial charge in [0.25, 0.3) is 0 Å². The van der Waals surface area contributed by atoms with Gasteiger partial charge in [0.15, 0.2) is 0 Å². The van der Waals surface area contributed by atoms with E-state index in [9.17, 15) is 0 Å². The van der Waals surface area contributed by atoms with Crippen molar-refractivity contribution in [3.8, 4) is 0 Å². The molecule has 2 unspecified atom stereocenters. The Morgan fingerprint density at radius 3 is 2.88 bits per heavy atom. The number of azide groups is 1. The van der Waals surface area contributed by atoms with Crippen molar-refractivity contribution in [1.82, 2.24) is 0 Å². The predicted molar refractivity (Wildman–Crippen MR) is 58.9 cm³/mol. The minimum atomic E-state index is -0.434. The van der Waals surface area contributed by atoms with Crippen molar-refractivity contribution in [2.75, 3.05) is 6.61 Å². The molecule has 5 heteroatoms. The van der Waals surface area contributed by atoms with Gasteiger partial charge in [-0.15, -0.1) is 0 Å². The van der Waals surface area contributed by atoms with Crippen molar-refractivity contribution in [3.05, 3.63) is 34.1 Å². The summed E-state index contributed by atoms with van der Waals surface area (Å²) in [7, 11) is 0. The van der Waals surface area contributed by atoms with E-state index in [1.807, 2.05) is 26.0 Å². The highest BCUT2D eigenvalue weighted by atomic mass is 16.5. The molecule has 5 nitrogen and oxygen atoms in total. The van der Waals surface area contributed by atoms with Gasteiger partial charge in [-0.25, -0.2) is 0 Å². The lowest BCUT2D eigenvalue weighted by Crippen LogP contribution is -2.30. The molecule has 0 N–H and O–H groups in total. The molecule has 2 heterocycles. The van der Waals surface area contributed by atoms with Crippen LogP contribution in [0.1, 0.15) is 37.3 Å². The van der Waals surface area contributed by atoms with E-state index in [-0.39, 0.29) is 6.04 Å². The van der Waals surface area contributed by atoms with Gasteiger partial charge in [0.05, 0.1) is 5.60 Å². The van der Waals surface area contributed by atoms with Crippen molar-refractivity contribution in [2.45, 2.75) is 38.3 Å². The van der Waals surface area contributed by atoms with Crippen LogP contribution in [0.4, 0.5) is 0 Å². The fourth-order valence-electron chi connectivity index (χ4n) is 2.15. The van der Waals surface area contributed by atoms with Gasteiger partial charge in [0.1, 0.15) is 17.6 Å². The highest BCUT2D eigenvalue weighted by Crippen LogP contribution is 2.40. The number of aryl methyl sites for hydroxylation is 1. The van der Waals surface area contributed by atoms with Crippen LogP contribution in [0.2, 0.25) is 0 Å². The third kappa shape index (κ3) is 1.92. The molecule has 0 spiro atoms. The zero-order chi connectivity index (χ0) is 11.6. The Morgan fingerprint density at radius 1 is 1.56 bits per heavy atom. The van der Waals surface area contributed by atoms with E-state index < -0.39 is 5.60 Å².